The summed E-state index contributed by atoms with van der Waals surface area (Å²) in [5.41, 5.74) is 3.34. The number of carbonyl (C=O) groups excluding carboxylic acids is 1. The Labute approximate surface area is 144 Å². The van der Waals surface area contributed by atoms with Crippen molar-refractivity contribution in [3.8, 4) is 16.9 Å². The molecule has 2 aliphatic rings. The van der Waals surface area contributed by atoms with Gasteiger partial charge in [0.15, 0.2) is 11.9 Å². The molecule has 1 atom stereocenters. The summed E-state index contributed by atoms with van der Waals surface area (Å²) in [6, 6.07) is 7.82. The highest BCUT2D eigenvalue weighted by molar-refractivity contribution is 5.97. The van der Waals surface area contributed by atoms with E-state index in [2.05, 4.69) is 4.98 Å². The molecule has 1 fully saturated rings. The number of aromatic nitrogens is 2. The monoisotopic (exact) mass is 334 g/mol. The molecule has 1 saturated carbocycles. The van der Waals surface area contributed by atoms with Crippen molar-refractivity contribution in [1.29, 1.82) is 0 Å². The van der Waals surface area contributed by atoms with Gasteiger partial charge in [-0.2, -0.15) is 0 Å². The minimum absolute atomic E-state index is 0.0551. The van der Waals surface area contributed by atoms with Crippen LogP contribution < -0.4 is 10.3 Å². The van der Waals surface area contributed by atoms with E-state index in [4.69, 9.17) is 4.74 Å². The maximum absolute atomic E-state index is 12.4. The van der Waals surface area contributed by atoms with Gasteiger partial charge in [0.05, 0.1) is 0 Å². The number of ether oxygens (including phenoxy) is 1. The van der Waals surface area contributed by atoms with Gasteiger partial charge in [-0.25, -0.2) is 0 Å². The van der Waals surface area contributed by atoms with Crippen LogP contribution in [0.15, 0.2) is 41.5 Å². The lowest BCUT2D eigenvalue weighted by Gasteiger charge is -2.27. The van der Waals surface area contributed by atoms with Crippen molar-refractivity contribution < 1.29 is 9.53 Å². The summed E-state index contributed by atoms with van der Waals surface area (Å²) >= 11 is 0. The number of aryl methyl sites for hydroxylation is 1. The molecule has 5 heteroatoms. The topological polar surface area (TPSA) is 64.1 Å². The highest BCUT2D eigenvalue weighted by atomic mass is 16.5. The molecule has 1 aromatic carbocycles. The molecule has 1 aliphatic carbocycles. The lowest BCUT2D eigenvalue weighted by Crippen LogP contribution is -2.35. The molecular formula is C20H18N2O3. The van der Waals surface area contributed by atoms with E-state index in [-0.39, 0.29) is 17.4 Å². The molecule has 0 saturated heterocycles. The average Bonchev–Trinajstić information content (AvgIpc) is 3.33. The number of ketones is 1. The fourth-order valence-electron chi connectivity index (χ4n) is 3.80. The number of hydrogen-bond donors (Lipinski definition) is 1. The summed E-state index contributed by atoms with van der Waals surface area (Å²) in [6.07, 6.45) is 5.86. The molecule has 25 heavy (non-hydrogen) atoms. The summed E-state index contributed by atoms with van der Waals surface area (Å²) in [5, 5.41) is 0.875. The van der Waals surface area contributed by atoms with E-state index in [9.17, 15) is 9.59 Å². The van der Waals surface area contributed by atoms with Gasteiger partial charge in [0, 0.05) is 53.9 Å². The third kappa shape index (κ3) is 2.15. The lowest BCUT2D eigenvalue weighted by atomic mass is 9.93. The van der Waals surface area contributed by atoms with E-state index in [0.29, 0.717) is 17.9 Å². The van der Waals surface area contributed by atoms with Crippen molar-refractivity contribution in [1.82, 2.24) is 9.55 Å². The van der Waals surface area contributed by atoms with Crippen LogP contribution in [-0.4, -0.2) is 21.4 Å². The van der Waals surface area contributed by atoms with Gasteiger partial charge >= 0.3 is 0 Å². The van der Waals surface area contributed by atoms with Crippen LogP contribution in [0.4, 0.5) is 0 Å². The Bertz CT molecular complexity index is 1070. The van der Waals surface area contributed by atoms with Crippen LogP contribution in [0, 0.1) is 5.92 Å². The van der Waals surface area contributed by atoms with Crippen molar-refractivity contribution >= 4 is 16.7 Å². The highest BCUT2D eigenvalue weighted by Gasteiger charge is 2.41. The Morgan fingerprint density at radius 2 is 2.00 bits per heavy atom. The predicted octanol–water partition coefficient (Wildman–Crippen LogP) is 2.82. The van der Waals surface area contributed by atoms with Crippen LogP contribution in [0.25, 0.3) is 22.0 Å². The van der Waals surface area contributed by atoms with Gasteiger partial charge in [0.2, 0.25) is 0 Å². The summed E-state index contributed by atoms with van der Waals surface area (Å²) < 4.78 is 7.79. The molecule has 3 aromatic rings. The molecule has 1 N–H and O–H groups in total. The molecule has 0 amide bonds. The molecule has 3 heterocycles. The number of aromatic amines is 1. The van der Waals surface area contributed by atoms with E-state index in [0.717, 1.165) is 40.7 Å². The van der Waals surface area contributed by atoms with Gasteiger partial charge in [-0.15, -0.1) is 0 Å². The molecule has 5 nitrogen and oxygen atoms in total. The van der Waals surface area contributed by atoms with Crippen LogP contribution in [0.1, 0.15) is 18.4 Å². The second kappa shape index (κ2) is 5.09. The fourth-order valence-corrected chi connectivity index (χ4v) is 3.80. The first-order valence-corrected chi connectivity index (χ1v) is 8.62. The first-order valence-electron chi connectivity index (χ1n) is 8.62. The SMILES string of the molecule is Cn1cc(-c2cccc3c2OC(C2CC2)C(=O)C3)c2cc[nH]c2c1=O. The van der Waals surface area contributed by atoms with Crippen molar-refractivity contribution in [2.45, 2.75) is 25.4 Å². The first kappa shape index (κ1) is 14.5. The maximum Gasteiger partial charge on any atom is 0.274 e. The van der Waals surface area contributed by atoms with Gasteiger partial charge in [-0.05, 0) is 18.9 Å². The van der Waals surface area contributed by atoms with E-state index in [1.165, 1.54) is 0 Å². The van der Waals surface area contributed by atoms with E-state index in [1.54, 1.807) is 17.8 Å². The van der Waals surface area contributed by atoms with Gasteiger partial charge in [-0.3, -0.25) is 9.59 Å². The zero-order valence-corrected chi connectivity index (χ0v) is 13.9. The zero-order valence-electron chi connectivity index (χ0n) is 13.9. The summed E-state index contributed by atoms with van der Waals surface area (Å²) in [7, 11) is 1.75. The maximum atomic E-state index is 12.4. The number of carbonyl (C=O) groups is 1. The standard InChI is InChI=1S/C20H18N2O3/c1-22-10-15(13-7-8-21-17(13)20(22)24)14-4-2-3-12-9-16(23)19(11-5-6-11)25-18(12)14/h2-4,7-8,10-11,19,21H,5-6,9H2,1H3. The zero-order chi connectivity index (χ0) is 17.1. The van der Waals surface area contributed by atoms with Crippen molar-refractivity contribution in [3.63, 3.8) is 0 Å². The van der Waals surface area contributed by atoms with Crippen molar-refractivity contribution in [3.05, 3.63) is 52.6 Å². The van der Waals surface area contributed by atoms with E-state index >= 15 is 0 Å². The molecule has 126 valence electrons. The normalized spacial score (nSPS) is 19.7. The second-order valence-electron chi connectivity index (χ2n) is 7.04. The van der Waals surface area contributed by atoms with Crippen LogP contribution >= 0.6 is 0 Å². The molecule has 0 radical (unpaired) electrons. The third-order valence-electron chi connectivity index (χ3n) is 5.26. The lowest BCUT2D eigenvalue weighted by molar-refractivity contribution is -0.127. The van der Waals surface area contributed by atoms with Crippen molar-refractivity contribution in [2.75, 3.05) is 0 Å². The molecule has 1 unspecified atom stereocenters. The van der Waals surface area contributed by atoms with Crippen molar-refractivity contribution in [2.24, 2.45) is 13.0 Å². The molecule has 5 rings (SSSR count). The predicted molar refractivity (Wildman–Crippen MR) is 94.8 cm³/mol. The number of hydrogen-bond acceptors (Lipinski definition) is 3. The fraction of sp³-hybridized carbons (Fsp3) is 0.300. The second-order valence-corrected chi connectivity index (χ2v) is 7.04. The number of pyridine rings is 1. The Hall–Kier alpha value is -2.82. The van der Waals surface area contributed by atoms with Gasteiger partial charge in [0.1, 0.15) is 11.3 Å². The Morgan fingerprint density at radius 3 is 2.80 bits per heavy atom. The third-order valence-corrected chi connectivity index (χ3v) is 5.26. The minimum Gasteiger partial charge on any atom is -0.481 e. The summed E-state index contributed by atoms with van der Waals surface area (Å²) in [5.74, 6) is 1.33. The number of nitrogens with one attached hydrogen (secondary N) is 1. The van der Waals surface area contributed by atoms with Crippen LogP contribution in [-0.2, 0) is 18.3 Å². The number of fused-ring (bicyclic) bond motifs is 2. The minimum atomic E-state index is -0.317. The van der Waals surface area contributed by atoms with Crippen LogP contribution in [0.2, 0.25) is 0 Å². The average molecular weight is 334 g/mol. The molecule has 1 aliphatic heterocycles. The first-order chi connectivity index (χ1) is 12.1. The molecule has 0 bridgehead atoms. The highest BCUT2D eigenvalue weighted by Crippen LogP contribution is 2.43. The Balaban J connectivity index is 1.73. The number of benzene rings is 1. The quantitative estimate of drug-likeness (QED) is 0.784. The molecule has 0 spiro atoms. The summed E-state index contributed by atoms with van der Waals surface area (Å²) in [6.45, 7) is 0. The van der Waals surface area contributed by atoms with Gasteiger partial charge in [0.25, 0.3) is 5.56 Å². The smallest absolute Gasteiger partial charge is 0.274 e. The number of H-pyrrole nitrogens is 1. The Kier molecular flexibility index (Phi) is 2.95. The van der Waals surface area contributed by atoms with E-state index < -0.39 is 0 Å². The van der Waals surface area contributed by atoms with E-state index in [1.807, 2.05) is 30.5 Å². The largest absolute Gasteiger partial charge is 0.481 e. The van der Waals surface area contributed by atoms with Crippen LogP contribution in [0.3, 0.4) is 0 Å². The number of para-hydroxylation sites is 1. The van der Waals surface area contributed by atoms with Gasteiger partial charge < -0.3 is 14.3 Å². The number of Topliss-reactive ketones (excluding diaryl/α,β-unsaturated/α-hetero) is 1. The number of nitrogens with zero attached hydrogens (tertiary/aromatic N) is 1. The molecular weight excluding hydrogens is 316 g/mol. The Morgan fingerprint density at radius 1 is 1.16 bits per heavy atom. The van der Waals surface area contributed by atoms with Crippen LogP contribution in [0.5, 0.6) is 5.75 Å². The number of rotatable bonds is 2. The summed E-state index contributed by atoms with van der Waals surface area (Å²) in [4.78, 5) is 27.7. The van der Waals surface area contributed by atoms with Gasteiger partial charge in [-0.1, -0.05) is 18.2 Å². The molecule has 2 aromatic heterocycles.